The van der Waals surface area contributed by atoms with Gasteiger partial charge in [0, 0.05) is 19.2 Å². The third-order valence-electron chi connectivity index (χ3n) is 5.26. The smallest absolute Gasteiger partial charge is 0.261 e. The zero-order valence-electron chi connectivity index (χ0n) is 16.7. The summed E-state index contributed by atoms with van der Waals surface area (Å²) in [5.74, 6) is 1.22. The predicted molar refractivity (Wildman–Crippen MR) is 117 cm³/mol. The summed E-state index contributed by atoms with van der Waals surface area (Å²) in [6, 6.07) is 13.5. The Balaban J connectivity index is 1.64. The van der Waals surface area contributed by atoms with Crippen molar-refractivity contribution in [2.75, 3.05) is 26.5 Å². The summed E-state index contributed by atoms with van der Waals surface area (Å²) >= 11 is 1.77. The molecule has 0 amide bonds. The van der Waals surface area contributed by atoms with Crippen molar-refractivity contribution in [3.05, 3.63) is 64.7 Å². The van der Waals surface area contributed by atoms with Crippen LogP contribution >= 0.6 is 11.9 Å². The van der Waals surface area contributed by atoms with Crippen molar-refractivity contribution in [2.45, 2.75) is 25.5 Å². The molecule has 0 unspecified atom stereocenters. The van der Waals surface area contributed by atoms with Gasteiger partial charge in [-0.3, -0.25) is 13.7 Å². The fourth-order valence-corrected chi connectivity index (χ4v) is 4.20. The molecule has 1 aromatic heterocycles. The zero-order chi connectivity index (χ0) is 20.2. The number of hydrogen-bond acceptors (Lipinski definition) is 6. The summed E-state index contributed by atoms with van der Waals surface area (Å²) in [5.41, 5.74) is 1.59. The number of hydrogen-bond donors (Lipinski definition) is 0. The van der Waals surface area contributed by atoms with Crippen molar-refractivity contribution in [3.63, 3.8) is 0 Å². The van der Waals surface area contributed by atoms with Crippen LogP contribution in [0.5, 0.6) is 11.5 Å². The SMILES string of the molecule is COc1cc2ncn(Cc3ccccc3)c(=O)c2cc1OC1CCN(SC)CC1. The minimum absolute atomic E-state index is 0.0800. The number of fused-ring (bicyclic) bond motifs is 1. The second kappa shape index (κ2) is 8.88. The highest BCUT2D eigenvalue weighted by atomic mass is 32.2. The molecule has 7 heteroatoms. The lowest BCUT2D eigenvalue weighted by molar-refractivity contribution is 0.135. The summed E-state index contributed by atoms with van der Waals surface area (Å²) in [6.07, 6.45) is 5.71. The van der Waals surface area contributed by atoms with E-state index in [-0.39, 0.29) is 11.7 Å². The van der Waals surface area contributed by atoms with Crippen LogP contribution in [0.3, 0.4) is 0 Å². The standard InChI is InChI=1S/C22H25N3O3S/c1-27-20-13-19-18(12-21(20)28-17-8-10-25(29-2)11-9-17)22(26)24(15-23-19)14-16-6-4-3-5-7-16/h3-7,12-13,15,17H,8-11,14H2,1-2H3. The third kappa shape index (κ3) is 4.41. The van der Waals surface area contributed by atoms with Gasteiger partial charge >= 0.3 is 0 Å². The average Bonchev–Trinajstić information content (AvgIpc) is 2.77. The van der Waals surface area contributed by atoms with E-state index in [4.69, 9.17) is 9.47 Å². The predicted octanol–water partition coefficient (Wildman–Crippen LogP) is 3.57. The Labute approximate surface area is 174 Å². The van der Waals surface area contributed by atoms with Gasteiger partial charge in [0.1, 0.15) is 6.10 Å². The molecule has 0 aliphatic carbocycles. The van der Waals surface area contributed by atoms with Gasteiger partial charge in [0.2, 0.25) is 0 Å². The van der Waals surface area contributed by atoms with E-state index in [2.05, 4.69) is 15.5 Å². The van der Waals surface area contributed by atoms with Crippen LogP contribution < -0.4 is 15.0 Å². The van der Waals surface area contributed by atoms with Gasteiger partial charge in [-0.25, -0.2) is 4.98 Å². The lowest BCUT2D eigenvalue weighted by Gasteiger charge is -2.30. The van der Waals surface area contributed by atoms with Crippen LogP contribution in [-0.2, 0) is 6.54 Å². The topological polar surface area (TPSA) is 56.6 Å². The molecule has 1 aliphatic rings. The Morgan fingerprint density at radius 3 is 2.59 bits per heavy atom. The third-order valence-corrected chi connectivity index (χ3v) is 6.14. The largest absolute Gasteiger partial charge is 0.493 e. The van der Waals surface area contributed by atoms with E-state index >= 15 is 0 Å². The maximum absolute atomic E-state index is 13.1. The maximum Gasteiger partial charge on any atom is 0.261 e. The van der Waals surface area contributed by atoms with Crippen molar-refractivity contribution in [3.8, 4) is 11.5 Å². The van der Waals surface area contributed by atoms with Crippen molar-refractivity contribution in [2.24, 2.45) is 0 Å². The number of nitrogens with zero attached hydrogens (tertiary/aromatic N) is 3. The fraction of sp³-hybridized carbons (Fsp3) is 0.364. The van der Waals surface area contributed by atoms with Crippen LogP contribution in [0.4, 0.5) is 0 Å². The molecule has 1 aliphatic heterocycles. The molecule has 0 N–H and O–H groups in total. The lowest BCUT2D eigenvalue weighted by Crippen LogP contribution is -2.34. The second-order valence-corrected chi connectivity index (χ2v) is 7.99. The molecule has 3 aromatic rings. The number of methoxy groups -OCH3 is 1. The molecule has 0 saturated carbocycles. The summed E-state index contributed by atoms with van der Waals surface area (Å²) in [6.45, 7) is 2.47. The Kier molecular flexibility index (Phi) is 6.06. The maximum atomic E-state index is 13.1. The first-order valence-electron chi connectivity index (χ1n) is 9.74. The summed E-state index contributed by atoms with van der Waals surface area (Å²) < 4.78 is 15.7. The molecule has 0 atom stereocenters. The van der Waals surface area contributed by atoms with Crippen molar-refractivity contribution >= 4 is 22.9 Å². The average molecular weight is 412 g/mol. The zero-order valence-corrected chi connectivity index (χ0v) is 17.5. The number of piperidine rings is 1. The molecule has 6 nitrogen and oxygen atoms in total. The van der Waals surface area contributed by atoms with Crippen LogP contribution in [0.25, 0.3) is 10.9 Å². The molecule has 1 fully saturated rings. The van der Waals surface area contributed by atoms with Gasteiger partial charge in [0.15, 0.2) is 11.5 Å². The van der Waals surface area contributed by atoms with Gasteiger partial charge in [-0.15, -0.1) is 0 Å². The highest BCUT2D eigenvalue weighted by Gasteiger charge is 2.22. The molecule has 152 valence electrons. The van der Waals surface area contributed by atoms with E-state index in [9.17, 15) is 4.79 Å². The van der Waals surface area contributed by atoms with Crippen LogP contribution in [-0.4, -0.2) is 46.4 Å². The number of aromatic nitrogens is 2. The van der Waals surface area contributed by atoms with Crippen LogP contribution in [0, 0.1) is 0 Å². The molecular formula is C22H25N3O3S. The summed E-state index contributed by atoms with van der Waals surface area (Å²) in [4.78, 5) is 17.5. The molecule has 29 heavy (non-hydrogen) atoms. The molecule has 0 spiro atoms. The highest BCUT2D eigenvalue weighted by Crippen LogP contribution is 2.33. The minimum atomic E-state index is -0.0800. The van der Waals surface area contributed by atoms with E-state index in [0.29, 0.717) is 28.9 Å². The van der Waals surface area contributed by atoms with E-state index in [1.54, 1.807) is 42.1 Å². The highest BCUT2D eigenvalue weighted by molar-refractivity contribution is 7.96. The van der Waals surface area contributed by atoms with Gasteiger partial charge < -0.3 is 9.47 Å². The first kappa shape index (κ1) is 19.8. The molecular weight excluding hydrogens is 386 g/mol. The molecule has 2 heterocycles. The van der Waals surface area contributed by atoms with Gasteiger partial charge in [-0.05, 0) is 30.7 Å². The van der Waals surface area contributed by atoms with Crippen molar-refractivity contribution in [1.29, 1.82) is 0 Å². The molecule has 1 saturated heterocycles. The fourth-order valence-electron chi connectivity index (χ4n) is 3.62. The second-order valence-electron chi connectivity index (χ2n) is 7.11. The van der Waals surface area contributed by atoms with Crippen LogP contribution in [0.2, 0.25) is 0 Å². The number of ether oxygens (including phenoxy) is 2. The summed E-state index contributed by atoms with van der Waals surface area (Å²) in [5, 5.41) is 0.542. The van der Waals surface area contributed by atoms with E-state index in [1.807, 2.05) is 30.3 Å². The molecule has 0 bridgehead atoms. The van der Waals surface area contributed by atoms with Crippen LogP contribution in [0.15, 0.2) is 53.6 Å². The lowest BCUT2D eigenvalue weighted by atomic mass is 10.1. The first-order valence-corrected chi connectivity index (χ1v) is 10.9. The number of benzene rings is 2. The van der Waals surface area contributed by atoms with Gasteiger partial charge in [-0.2, -0.15) is 0 Å². The van der Waals surface area contributed by atoms with Crippen molar-refractivity contribution in [1.82, 2.24) is 13.9 Å². The van der Waals surface area contributed by atoms with Crippen LogP contribution in [0.1, 0.15) is 18.4 Å². The van der Waals surface area contributed by atoms with Gasteiger partial charge in [0.05, 0.1) is 30.9 Å². The van der Waals surface area contributed by atoms with Crippen molar-refractivity contribution < 1.29 is 9.47 Å². The first-order chi connectivity index (χ1) is 14.2. The van der Waals surface area contributed by atoms with E-state index in [0.717, 1.165) is 31.5 Å². The Morgan fingerprint density at radius 1 is 1.14 bits per heavy atom. The Hall–Kier alpha value is -2.51. The van der Waals surface area contributed by atoms with Gasteiger partial charge in [0.25, 0.3) is 5.56 Å². The summed E-state index contributed by atoms with van der Waals surface area (Å²) in [7, 11) is 1.61. The quantitative estimate of drug-likeness (QED) is 0.578. The Morgan fingerprint density at radius 2 is 1.90 bits per heavy atom. The normalized spacial score (nSPS) is 15.5. The molecule has 4 rings (SSSR count). The molecule has 0 radical (unpaired) electrons. The monoisotopic (exact) mass is 411 g/mol. The van der Waals surface area contributed by atoms with E-state index < -0.39 is 0 Å². The van der Waals surface area contributed by atoms with Gasteiger partial charge in [-0.1, -0.05) is 42.3 Å². The number of rotatable bonds is 6. The molecule has 2 aromatic carbocycles. The van der Waals surface area contributed by atoms with E-state index in [1.165, 1.54) is 0 Å². The minimum Gasteiger partial charge on any atom is -0.493 e. The Bertz CT molecular complexity index is 1030.